The molecule has 0 aliphatic rings. The standard InChI is InChI=1S/C20H21ClN4O2S/c1-14-22-23-20(25(14)16-8-6-9-17(11-16)27-3)28-13-19(26)24(2)12-15-7-4-5-10-18(15)21/h4-11H,12-13H2,1-3H3. The topological polar surface area (TPSA) is 60.2 Å². The van der Waals surface area contributed by atoms with Crippen LogP contribution in [-0.2, 0) is 11.3 Å². The van der Waals surface area contributed by atoms with Crippen LogP contribution < -0.4 is 4.74 Å². The van der Waals surface area contributed by atoms with Crippen LogP contribution in [-0.4, -0.2) is 45.5 Å². The number of carbonyl (C=O) groups excluding carboxylic acids is 1. The first-order valence-corrected chi connectivity index (χ1v) is 10.0. The first kappa shape index (κ1) is 20.2. The van der Waals surface area contributed by atoms with Crippen LogP contribution in [0.1, 0.15) is 11.4 Å². The van der Waals surface area contributed by atoms with Crippen LogP contribution in [0.3, 0.4) is 0 Å². The van der Waals surface area contributed by atoms with Gasteiger partial charge in [0, 0.05) is 24.7 Å². The maximum Gasteiger partial charge on any atom is 0.233 e. The van der Waals surface area contributed by atoms with Gasteiger partial charge < -0.3 is 9.64 Å². The minimum absolute atomic E-state index is 0.0113. The van der Waals surface area contributed by atoms with Crippen LogP contribution in [0, 0.1) is 6.92 Å². The van der Waals surface area contributed by atoms with Crippen molar-refractivity contribution in [2.45, 2.75) is 18.6 Å². The smallest absolute Gasteiger partial charge is 0.233 e. The number of halogens is 1. The number of benzene rings is 2. The summed E-state index contributed by atoms with van der Waals surface area (Å²) in [6, 6.07) is 15.2. The second-order valence-electron chi connectivity index (χ2n) is 6.20. The van der Waals surface area contributed by atoms with Crippen molar-refractivity contribution < 1.29 is 9.53 Å². The molecule has 6 nitrogen and oxygen atoms in total. The van der Waals surface area contributed by atoms with Gasteiger partial charge in [0.05, 0.1) is 18.6 Å². The van der Waals surface area contributed by atoms with Crippen molar-refractivity contribution >= 4 is 29.3 Å². The molecule has 1 heterocycles. The Morgan fingerprint density at radius 1 is 1.21 bits per heavy atom. The van der Waals surface area contributed by atoms with Gasteiger partial charge >= 0.3 is 0 Å². The molecule has 0 atom stereocenters. The Morgan fingerprint density at radius 2 is 2.00 bits per heavy atom. The van der Waals surface area contributed by atoms with Gasteiger partial charge in [-0.3, -0.25) is 9.36 Å². The molecule has 3 aromatic rings. The summed E-state index contributed by atoms with van der Waals surface area (Å²) in [5.74, 6) is 1.73. The van der Waals surface area contributed by atoms with E-state index in [9.17, 15) is 4.79 Å². The summed E-state index contributed by atoms with van der Waals surface area (Å²) in [6.45, 7) is 2.34. The molecular formula is C20H21ClN4O2S. The van der Waals surface area contributed by atoms with E-state index in [0.717, 1.165) is 22.8 Å². The summed E-state index contributed by atoms with van der Waals surface area (Å²) in [5.41, 5.74) is 1.81. The Hall–Kier alpha value is -2.51. The monoisotopic (exact) mass is 416 g/mol. The van der Waals surface area contributed by atoms with Crippen molar-refractivity contribution in [3.63, 3.8) is 0 Å². The lowest BCUT2D eigenvalue weighted by Crippen LogP contribution is -2.28. The van der Waals surface area contributed by atoms with E-state index in [2.05, 4.69) is 10.2 Å². The molecule has 0 aliphatic heterocycles. The van der Waals surface area contributed by atoms with Crippen LogP contribution in [0.15, 0.2) is 53.7 Å². The highest BCUT2D eigenvalue weighted by atomic mass is 35.5. The summed E-state index contributed by atoms with van der Waals surface area (Å²) in [4.78, 5) is 14.2. The Morgan fingerprint density at radius 3 is 2.75 bits per heavy atom. The Labute approximate surface area is 173 Å². The molecule has 28 heavy (non-hydrogen) atoms. The number of hydrogen-bond acceptors (Lipinski definition) is 5. The van der Waals surface area contributed by atoms with E-state index in [4.69, 9.17) is 16.3 Å². The second kappa shape index (κ2) is 9.12. The molecule has 0 saturated heterocycles. The quantitative estimate of drug-likeness (QED) is 0.545. The van der Waals surface area contributed by atoms with Crippen molar-refractivity contribution in [1.82, 2.24) is 19.7 Å². The predicted molar refractivity (Wildman–Crippen MR) is 111 cm³/mol. The fourth-order valence-electron chi connectivity index (χ4n) is 2.69. The van der Waals surface area contributed by atoms with E-state index in [-0.39, 0.29) is 11.7 Å². The van der Waals surface area contributed by atoms with E-state index >= 15 is 0 Å². The van der Waals surface area contributed by atoms with Crippen molar-refractivity contribution in [3.05, 3.63) is 64.9 Å². The van der Waals surface area contributed by atoms with E-state index < -0.39 is 0 Å². The highest BCUT2D eigenvalue weighted by molar-refractivity contribution is 7.99. The highest BCUT2D eigenvalue weighted by Gasteiger charge is 2.16. The third kappa shape index (κ3) is 4.66. The molecule has 0 unspecified atom stereocenters. The summed E-state index contributed by atoms with van der Waals surface area (Å²) in [6.07, 6.45) is 0. The van der Waals surface area contributed by atoms with Crippen LogP contribution in [0.2, 0.25) is 5.02 Å². The molecule has 1 aromatic heterocycles. The zero-order valence-corrected chi connectivity index (χ0v) is 17.5. The normalized spacial score (nSPS) is 10.7. The first-order chi connectivity index (χ1) is 13.5. The number of ether oxygens (including phenoxy) is 1. The largest absolute Gasteiger partial charge is 0.497 e. The van der Waals surface area contributed by atoms with E-state index in [1.54, 1.807) is 19.1 Å². The predicted octanol–water partition coefficient (Wildman–Crippen LogP) is 3.99. The zero-order valence-electron chi connectivity index (χ0n) is 15.9. The highest BCUT2D eigenvalue weighted by Crippen LogP contribution is 2.25. The van der Waals surface area contributed by atoms with Gasteiger partial charge in [0.15, 0.2) is 5.16 Å². The van der Waals surface area contributed by atoms with Gasteiger partial charge in [-0.2, -0.15) is 0 Å². The minimum Gasteiger partial charge on any atom is -0.497 e. The number of nitrogens with zero attached hydrogens (tertiary/aromatic N) is 4. The van der Waals surface area contributed by atoms with Gasteiger partial charge in [-0.1, -0.05) is 47.6 Å². The summed E-state index contributed by atoms with van der Waals surface area (Å²) in [5, 5.41) is 9.69. The lowest BCUT2D eigenvalue weighted by atomic mass is 10.2. The average Bonchev–Trinajstić information content (AvgIpc) is 3.08. The fraction of sp³-hybridized carbons (Fsp3) is 0.250. The molecule has 0 fully saturated rings. The molecular weight excluding hydrogens is 396 g/mol. The molecule has 3 rings (SSSR count). The van der Waals surface area contributed by atoms with Crippen molar-refractivity contribution in [2.75, 3.05) is 19.9 Å². The Bertz CT molecular complexity index is 976. The zero-order chi connectivity index (χ0) is 20.1. The Kier molecular flexibility index (Phi) is 6.59. The van der Waals surface area contributed by atoms with Gasteiger partial charge in [-0.05, 0) is 30.7 Å². The molecule has 0 bridgehead atoms. The molecule has 0 aliphatic carbocycles. The number of rotatable bonds is 7. The third-order valence-electron chi connectivity index (χ3n) is 4.22. The SMILES string of the molecule is COc1cccc(-n2c(C)nnc2SCC(=O)N(C)Cc2ccccc2Cl)c1. The van der Waals surface area contributed by atoms with Gasteiger partial charge in [0.1, 0.15) is 11.6 Å². The summed E-state index contributed by atoms with van der Waals surface area (Å²) < 4.78 is 7.21. The Balaban J connectivity index is 1.69. The van der Waals surface area contributed by atoms with Crippen molar-refractivity contribution in [2.24, 2.45) is 0 Å². The summed E-state index contributed by atoms with van der Waals surface area (Å²) >= 11 is 7.54. The number of amides is 1. The maximum atomic E-state index is 12.6. The molecule has 8 heteroatoms. The molecule has 2 aromatic carbocycles. The van der Waals surface area contributed by atoms with Gasteiger partial charge in [0.25, 0.3) is 0 Å². The van der Waals surface area contributed by atoms with Crippen LogP contribution in [0.5, 0.6) is 5.75 Å². The van der Waals surface area contributed by atoms with Crippen LogP contribution in [0.4, 0.5) is 0 Å². The number of thioether (sulfide) groups is 1. The molecule has 0 saturated carbocycles. The first-order valence-electron chi connectivity index (χ1n) is 8.66. The summed E-state index contributed by atoms with van der Waals surface area (Å²) in [7, 11) is 3.39. The third-order valence-corrected chi connectivity index (χ3v) is 5.50. The second-order valence-corrected chi connectivity index (χ2v) is 7.55. The van der Waals surface area contributed by atoms with Crippen molar-refractivity contribution in [1.29, 1.82) is 0 Å². The minimum atomic E-state index is -0.0113. The maximum absolute atomic E-state index is 12.6. The van der Waals surface area contributed by atoms with E-state index in [1.165, 1.54) is 11.8 Å². The lowest BCUT2D eigenvalue weighted by Gasteiger charge is -2.18. The van der Waals surface area contributed by atoms with Gasteiger partial charge in [-0.25, -0.2) is 0 Å². The van der Waals surface area contributed by atoms with E-state index in [0.29, 0.717) is 16.7 Å². The molecule has 0 spiro atoms. The number of aromatic nitrogens is 3. The van der Waals surface area contributed by atoms with Gasteiger partial charge in [-0.15, -0.1) is 10.2 Å². The number of carbonyl (C=O) groups is 1. The molecule has 1 amide bonds. The van der Waals surface area contributed by atoms with Gasteiger partial charge in [0.2, 0.25) is 5.91 Å². The van der Waals surface area contributed by atoms with Crippen molar-refractivity contribution in [3.8, 4) is 11.4 Å². The molecule has 0 N–H and O–H groups in total. The van der Waals surface area contributed by atoms with Crippen LogP contribution >= 0.6 is 23.4 Å². The molecule has 146 valence electrons. The lowest BCUT2D eigenvalue weighted by molar-refractivity contribution is -0.127. The number of hydrogen-bond donors (Lipinski definition) is 0. The number of aryl methyl sites for hydroxylation is 1. The fourth-order valence-corrected chi connectivity index (χ4v) is 3.82. The van der Waals surface area contributed by atoms with Crippen LogP contribution in [0.25, 0.3) is 5.69 Å². The number of methoxy groups -OCH3 is 1. The van der Waals surface area contributed by atoms with E-state index in [1.807, 2.05) is 60.0 Å². The average molecular weight is 417 g/mol. The molecule has 0 radical (unpaired) electrons.